The van der Waals surface area contributed by atoms with E-state index >= 15 is 0 Å². The maximum Gasteiger partial charge on any atom is 0.251 e. The fraction of sp³-hybridized carbons (Fsp3) is 0.421. The zero-order valence-electron chi connectivity index (χ0n) is 16.5. The van der Waals surface area contributed by atoms with Crippen molar-refractivity contribution in [1.29, 1.82) is 0 Å². The zero-order valence-corrected chi connectivity index (χ0v) is 17.3. The third kappa shape index (κ3) is 4.01. The Morgan fingerprint density at radius 1 is 1.15 bits per heavy atom. The fourth-order valence-electron chi connectivity index (χ4n) is 3.06. The van der Waals surface area contributed by atoms with Crippen molar-refractivity contribution in [3.8, 4) is 5.75 Å². The van der Waals surface area contributed by atoms with Gasteiger partial charge in [-0.25, -0.2) is 8.42 Å². The van der Waals surface area contributed by atoms with Crippen LogP contribution >= 0.6 is 0 Å². The Bertz CT molecular complexity index is 928. The molecule has 8 heteroatoms. The van der Waals surface area contributed by atoms with Crippen LogP contribution in [0.4, 0.5) is 5.82 Å². The minimum absolute atomic E-state index is 0.0404. The van der Waals surface area contributed by atoms with Gasteiger partial charge in [0.25, 0.3) is 5.91 Å². The predicted molar refractivity (Wildman–Crippen MR) is 103 cm³/mol. The summed E-state index contributed by atoms with van der Waals surface area (Å²) in [6.07, 6.45) is 0. The number of nitrogens with zero attached hydrogens (tertiary/aromatic N) is 1. The van der Waals surface area contributed by atoms with Gasteiger partial charge in [0.15, 0.2) is 0 Å². The van der Waals surface area contributed by atoms with Gasteiger partial charge >= 0.3 is 0 Å². The van der Waals surface area contributed by atoms with Crippen LogP contribution in [0.15, 0.2) is 34.1 Å². The van der Waals surface area contributed by atoms with Crippen LogP contribution in [-0.4, -0.2) is 39.7 Å². The summed E-state index contributed by atoms with van der Waals surface area (Å²) >= 11 is 0. The lowest BCUT2D eigenvalue weighted by Crippen LogP contribution is -2.22. The Morgan fingerprint density at radius 2 is 1.74 bits per heavy atom. The summed E-state index contributed by atoms with van der Waals surface area (Å²) in [6.45, 7) is 7.29. The molecule has 0 aliphatic rings. The number of ether oxygens (including phenoxy) is 2. The average molecular weight is 394 g/mol. The maximum atomic E-state index is 13.4. The molecule has 2 aromatic rings. The monoisotopic (exact) mass is 394 g/mol. The number of anilines is 1. The molecule has 0 radical (unpaired) electrons. The number of sulfone groups is 1. The number of carbonyl (C=O) groups excluding carboxylic acids is 1. The Kier molecular flexibility index (Phi) is 6.33. The first-order valence-electron chi connectivity index (χ1n) is 8.54. The highest BCUT2D eigenvalue weighted by Crippen LogP contribution is 2.37. The molecule has 1 aromatic carbocycles. The van der Waals surface area contributed by atoms with E-state index in [4.69, 9.17) is 9.47 Å². The lowest BCUT2D eigenvalue weighted by Gasteiger charge is -2.17. The minimum atomic E-state index is -3.85. The fourth-order valence-corrected chi connectivity index (χ4v) is 4.75. The van der Waals surface area contributed by atoms with E-state index in [0.717, 1.165) is 5.69 Å². The van der Waals surface area contributed by atoms with E-state index in [-0.39, 0.29) is 28.3 Å². The molecular weight excluding hydrogens is 368 g/mol. The van der Waals surface area contributed by atoms with Crippen LogP contribution in [0.25, 0.3) is 0 Å². The van der Waals surface area contributed by atoms with Gasteiger partial charge in [-0.1, -0.05) is 0 Å². The van der Waals surface area contributed by atoms with E-state index < -0.39 is 15.7 Å². The van der Waals surface area contributed by atoms with Crippen LogP contribution in [0, 0.1) is 13.8 Å². The first kappa shape index (κ1) is 21.0. The zero-order chi connectivity index (χ0) is 20.4. The van der Waals surface area contributed by atoms with Gasteiger partial charge in [-0.05, 0) is 57.5 Å². The van der Waals surface area contributed by atoms with Crippen LogP contribution in [0.2, 0.25) is 0 Å². The summed E-state index contributed by atoms with van der Waals surface area (Å²) < 4.78 is 38.5. The van der Waals surface area contributed by atoms with Crippen molar-refractivity contribution in [3.63, 3.8) is 0 Å². The van der Waals surface area contributed by atoms with Gasteiger partial charge in [-0.2, -0.15) is 0 Å². The molecule has 148 valence electrons. The van der Waals surface area contributed by atoms with E-state index in [1.165, 1.54) is 26.4 Å². The molecular formula is C19H26N2O5S. The SMILES string of the molecule is COCC(=O)Nc1c(S(=O)(=O)c2ccc(OC)cc2)c(C)c(C)n1C(C)C. The summed E-state index contributed by atoms with van der Waals surface area (Å²) in [5, 5.41) is 2.72. The van der Waals surface area contributed by atoms with Crippen molar-refractivity contribution >= 4 is 21.6 Å². The van der Waals surface area contributed by atoms with Gasteiger partial charge < -0.3 is 19.4 Å². The van der Waals surface area contributed by atoms with Gasteiger partial charge in [-0.3, -0.25) is 4.79 Å². The third-order valence-electron chi connectivity index (χ3n) is 4.39. The molecule has 27 heavy (non-hydrogen) atoms. The molecule has 1 N–H and O–H groups in total. The Labute approximate surface area is 160 Å². The topological polar surface area (TPSA) is 86.6 Å². The number of hydrogen-bond acceptors (Lipinski definition) is 5. The van der Waals surface area contributed by atoms with Crippen molar-refractivity contribution in [1.82, 2.24) is 4.57 Å². The molecule has 0 spiro atoms. The van der Waals surface area contributed by atoms with Crippen molar-refractivity contribution in [2.45, 2.75) is 43.5 Å². The third-order valence-corrected chi connectivity index (χ3v) is 6.32. The van der Waals surface area contributed by atoms with Crippen LogP contribution in [-0.2, 0) is 19.4 Å². The van der Waals surface area contributed by atoms with Gasteiger partial charge in [0, 0.05) is 18.8 Å². The molecule has 0 unspecified atom stereocenters. The van der Waals surface area contributed by atoms with E-state index in [9.17, 15) is 13.2 Å². The highest BCUT2D eigenvalue weighted by molar-refractivity contribution is 7.91. The van der Waals surface area contributed by atoms with E-state index in [1.807, 2.05) is 25.3 Å². The standard InChI is InChI=1S/C19H26N2O5S/c1-12(2)21-14(4)13(3)18(19(21)20-17(22)11-25-5)27(23,24)16-9-7-15(26-6)8-10-16/h7-10,12H,11H2,1-6H3,(H,20,22). The second-order valence-electron chi connectivity index (χ2n) is 6.51. The van der Waals surface area contributed by atoms with E-state index in [1.54, 1.807) is 19.1 Å². The average Bonchev–Trinajstić information content (AvgIpc) is 2.86. The molecule has 1 heterocycles. The first-order chi connectivity index (χ1) is 12.6. The summed E-state index contributed by atoms with van der Waals surface area (Å²) in [7, 11) is -0.927. The first-order valence-corrected chi connectivity index (χ1v) is 10.0. The van der Waals surface area contributed by atoms with Crippen molar-refractivity contribution in [2.75, 3.05) is 26.1 Å². The lowest BCUT2D eigenvalue weighted by molar-refractivity contribution is -0.119. The molecule has 0 fully saturated rings. The van der Waals surface area contributed by atoms with Crippen molar-refractivity contribution < 1.29 is 22.7 Å². The van der Waals surface area contributed by atoms with Gasteiger partial charge in [0.05, 0.1) is 12.0 Å². The molecule has 2 rings (SSSR count). The van der Waals surface area contributed by atoms with Crippen LogP contribution in [0.3, 0.4) is 0 Å². The number of nitrogens with one attached hydrogen (secondary N) is 1. The number of methoxy groups -OCH3 is 2. The molecule has 0 saturated heterocycles. The van der Waals surface area contributed by atoms with Crippen molar-refractivity contribution in [2.24, 2.45) is 0 Å². The van der Waals surface area contributed by atoms with Gasteiger partial charge in [0.2, 0.25) is 9.84 Å². The minimum Gasteiger partial charge on any atom is -0.497 e. The normalized spacial score (nSPS) is 11.7. The van der Waals surface area contributed by atoms with Crippen molar-refractivity contribution in [3.05, 3.63) is 35.5 Å². The Morgan fingerprint density at radius 3 is 2.22 bits per heavy atom. The molecule has 1 aromatic heterocycles. The predicted octanol–water partition coefficient (Wildman–Crippen LogP) is 3.11. The number of aromatic nitrogens is 1. The summed E-state index contributed by atoms with van der Waals surface area (Å²) in [6, 6.07) is 6.14. The van der Waals surface area contributed by atoms with Crippen LogP contribution in [0.5, 0.6) is 5.75 Å². The number of rotatable bonds is 7. The molecule has 0 bridgehead atoms. The van der Waals surface area contributed by atoms with Gasteiger partial charge in [-0.15, -0.1) is 0 Å². The quantitative estimate of drug-likeness (QED) is 0.780. The maximum absolute atomic E-state index is 13.4. The molecule has 7 nitrogen and oxygen atoms in total. The number of hydrogen-bond donors (Lipinski definition) is 1. The molecule has 0 saturated carbocycles. The number of carbonyl (C=O) groups is 1. The Balaban J connectivity index is 2.69. The second kappa shape index (κ2) is 8.14. The highest BCUT2D eigenvalue weighted by Gasteiger charge is 2.31. The summed E-state index contributed by atoms with van der Waals surface area (Å²) in [5.41, 5.74) is 1.39. The smallest absolute Gasteiger partial charge is 0.251 e. The van der Waals surface area contributed by atoms with Crippen LogP contribution < -0.4 is 10.1 Å². The number of benzene rings is 1. The Hall–Kier alpha value is -2.32. The molecule has 0 aliphatic carbocycles. The molecule has 1 amide bonds. The summed E-state index contributed by atoms with van der Waals surface area (Å²) in [4.78, 5) is 12.4. The van der Waals surface area contributed by atoms with E-state index in [2.05, 4.69) is 5.32 Å². The lowest BCUT2D eigenvalue weighted by atomic mass is 10.3. The second-order valence-corrected chi connectivity index (χ2v) is 8.40. The van der Waals surface area contributed by atoms with Crippen LogP contribution in [0.1, 0.15) is 31.1 Å². The summed E-state index contributed by atoms with van der Waals surface area (Å²) in [5.74, 6) is 0.413. The largest absolute Gasteiger partial charge is 0.497 e. The van der Waals surface area contributed by atoms with Gasteiger partial charge in [0.1, 0.15) is 23.1 Å². The number of amides is 1. The van der Waals surface area contributed by atoms with E-state index in [0.29, 0.717) is 11.3 Å². The highest BCUT2D eigenvalue weighted by atomic mass is 32.2. The molecule has 0 atom stereocenters. The molecule has 0 aliphatic heterocycles.